The highest BCUT2D eigenvalue weighted by Gasteiger charge is 2.25. The summed E-state index contributed by atoms with van der Waals surface area (Å²) in [5.74, 6) is -0.699. The first-order valence-electron chi connectivity index (χ1n) is 6.92. The Morgan fingerprint density at radius 2 is 2.24 bits per heavy atom. The van der Waals surface area contributed by atoms with Gasteiger partial charge in [-0.2, -0.15) is 0 Å². The van der Waals surface area contributed by atoms with Gasteiger partial charge in [0.2, 0.25) is 0 Å². The van der Waals surface area contributed by atoms with Gasteiger partial charge in [-0.25, -0.2) is 14.6 Å². The van der Waals surface area contributed by atoms with Gasteiger partial charge in [-0.1, -0.05) is 6.07 Å². The number of aliphatic hydroxyl groups is 1. The van der Waals surface area contributed by atoms with E-state index in [-0.39, 0.29) is 18.3 Å². The monoisotopic (exact) mass is 293 g/mol. The SMILES string of the molecule is O=C(O)c1ccc(CNC(=O)N2CCC(CCO)C2)cn1. The fourth-order valence-corrected chi connectivity index (χ4v) is 2.38. The van der Waals surface area contributed by atoms with E-state index < -0.39 is 5.97 Å². The molecule has 1 unspecified atom stereocenters. The summed E-state index contributed by atoms with van der Waals surface area (Å²) in [7, 11) is 0. The van der Waals surface area contributed by atoms with Crippen LogP contribution in [-0.2, 0) is 6.54 Å². The zero-order chi connectivity index (χ0) is 15.2. The molecule has 1 aromatic heterocycles. The van der Waals surface area contributed by atoms with Crippen LogP contribution in [0.5, 0.6) is 0 Å². The Labute approximate surface area is 122 Å². The number of carbonyl (C=O) groups is 2. The van der Waals surface area contributed by atoms with Crippen molar-refractivity contribution < 1.29 is 19.8 Å². The van der Waals surface area contributed by atoms with Gasteiger partial charge in [0, 0.05) is 32.4 Å². The number of carbonyl (C=O) groups excluding carboxylic acids is 1. The first-order valence-corrected chi connectivity index (χ1v) is 6.92. The van der Waals surface area contributed by atoms with Crippen LogP contribution in [0, 0.1) is 5.92 Å². The summed E-state index contributed by atoms with van der Waals surface area (Å²) < 4.78 is 0. The van der Waals surface area contributed by atoms with Crippen LogP contribution in [0.2, 0.25) is 0 Å². The summed E-state index contributed by atoms with van der Waals surface area (Å²) in [4.78, 5) is 28.2. The third kappa shape index (κ3) is 4.16. The van der Waals surface area contributed by atoms with Crippen molar-refractivity contribution in [3.05, 3.63) is 29.6 Å². The maximum atomic E-state index is 12.0. The molecule has 0 radical (unpaired) electrons. The molecule has 1 fully saturated rings. The summed E-state index contributed by atoms with van der Waals surface area (Å²) in [5, 5.41) is 20.4. The first-order chi connectivity index (χ1) is 10.1. The van der Waals surface area contributed by atoms with Gasteiger partial charge in [-0.05, 0) is 30.4 Å². The van der Waals surface area contributed by atoms with Gasteiger partial charge in [0.1, 0.15) is 5.69 Å². The zero-order valence-corrected chi connectivity index (χ0v) is 11.7. The topological polar surface area (TPSA) is 103 Å². The van der Waals surface area contributed by atoms with Crippen LogP contribution in [-0.4, -0.2) is 51.8 Å². The highest BCUT2D eigenvalue weighted by molar-refractivity contribution is 5.85. The highest BCUT2D eigenvalue weighted by Crippen LogP contribution is 2.18. The third-order valence-corrected chi connectivity index (χ3v) is 3.60. The van der Waals surface area contributed by atoms with Crippen LogP contribution in [0.4, 0.5) is 4.79 Å². The van der Waals surface area contributed by atoms with Crippen LogP contribution < -0.4 is 5.32 Å². The average Bonchev–Trinajstić information content (AvgIpc) is 2.94. The summed E-state index contributed by atoms with van der Waals surface area (Å²) in [6, 6.07) is 2.91. The van der Waals surface area contributed by atoms with Gasteiger partial charge in [-0.15, -0.1) is 0 Å². The van der Waals surface area contributed by atoms with Crippen LogP contribution in [0.25, 0.3) is 0 Å². The molecule has 3 N–H and O–H groups in total. The fraction of sp³-hybridized carbons (Fsp3) is 0.500. The van der Waals surface area contributed by atoms with E-state index in [1.165, 1.54) is 12.3 Å². The van der Waals surface area contributed by atoms with Crippen LogP contribution >= 0.6 is 0 Å². The maximum Gasteiger partial charge on any atom is 0.354 e. The lowest BCUT2D eigenvalue weighted by molar-refractivity contribution is 0.0690. The second kappa shape index (κ2) is 7.03. The average molecular weight is 293 g/mol. The normalized spacial score (nSPS) is 17.8. The Bertz CT molecular complexity index is 503. The largest absolute Gasteiger partial charge is 0.477 e. The van der Waals surface area contributed by atoms with E-state index in [1.807, 2.05) is 0 Å². The molecule has 7 heteroatoms. The molecular weight excluding hydrogens is 274 g/mol. The predicted octanol–water partition coefficient (Wildman–Crippen LogP) is 0.694. The minimum Gasteiger partial charge on any atom is -0.477 e. The maximum absolute atomic E-state index is 12.0. The smallest absolute Gasteiger partial charge is 0.354 e. The van der Waals surface area contributed by atoms with Gasteiger partial charge in [-0.3, -0.25) is 0 Å². The number of urea groups is 1. The number of pyridine rings is 1. The Kier molecular flexibility index (Phi) is 5.10. The zero-order valence-electron chi connectivity index (χ0n) is 11.7. The number of nitrogens with one attached hydrogen (secondary N) is 1. The van der Waals surface area contributed by atoms with E-state index in [9.17, 15) is 9.59 Å². The summed E-state index contributed by atoms with van der Waals surface area (Å²) in [6.07, 6.45) is 3.09. The molecule has 1 aromatic rings. The van der Waals surface area contributed by atoms with Crippen molar-refractivity contribution in [3.8, 4) is 0 Å². The van der Waals surface area contributed by atoms with Crippen LogP contribution in [0.3, 0.4) is 0 Å². The molecule has 1 aliphatic heterocycles. The van der Waals surface area contributed by atoms with Crippen molar-refractivity contribution >= 4 is 12.0 Å². The summed E-state index contributed by atoms with van der Waals surface area (Å²) in [6.45, 7) is 1.84. The van der Waals surface area contributed by atoms with E-state index in [1.54, 1.807) is 11.0 Å². The van der Waals surface area contributed by atoms with Gasteiger partial charge in [0.05, 0.1) is 0 Å². The number of hydrogen-bond acceptors (Lipinski definition) is 4. The van der Waals surface area contributed by atoms with Crippen molar-refractivity contribution in [1.29, 1.82) is 0 Å². The second-order valence-electron chi connectivity index (χ2n) is 5.13. The van der Waals surface area contributed by atoms with E-state index >= 15 is 0 Å². The molecule has 2 heterocycles. The van der Waals surface area contributed by atoms with Crippen molar-refractivity contribution in [2.45, 2.75) is 19.4 Å². The Hall–Kier alpha value is -2.15. The Morgan fingerprint density at radius 1 is 1.43 bits per heavy atom. The summed E-state index contributed by atoms with van der Waals surface area (Å²) >= 11 is 0. The molecule has 2 rings (SSSR count). The molecular formula is C14H19N3O4. The lowest BCUT2D eigenvalue weighted by Gasteiger charge is -2.17. The number of carboxylic acid groups (broad SMARTS) is 1. The molecule has 21 heavy (non-hydrogen) atoms. The number of carboxylic acids is 1. The number of likely N-dealkylation sites (tertiary alicyclic amines) is 1. The minimum absolute atomic E-state index is 0.0172. The molecule has 1 atom stereocenters. The lowest BCUT2D eigenvalue weighted by Crippen LogP contribution is -2.38. The molecule has 0 aliphatic carbocycles. The van der Waals surface area contributed by atoms with E-state index in [2.05, 4.69) is 10.3 Å². The Balaban J connectivity index is 1.80. The number of aromatic carboxylic acids is 1. The van der Waals surface area contributed by atoms with Gasteiger partial charge in [0.25, 0.3) is 0 Å². The van der Waals surface area contributed by atoms with Crippen molar-refractivity contribution in [2.24, 2.45) is 5.92 Å². The van der Waals surface area contributed by atoms with Crippen LogP contribution in [0.15, 0.2) is 18.3 Å². The molecule has 1 aliphatic rings. The van der Waals surface area contributed by atoms with E-state index in [0.29, 0.717) is 25.6 Å². The lowest BCUT2D eigenvalue weighted by atomic mass is 10.1. The number of hydrogen-bond donors (Lipinski definition) is 3. The van der Waals surface area contributed by atoms with E-state index in [0.717, 1.165) is 18.4 Å². The van der Waals surface area contributed by atoms with Crippen molar-refractivity contribution in [1.82, 2.24) is 15.2 Å². The quantitative estimate of drug-likeness (QED) is 0.741. The van der Waals surface area contributed by atoms with Gasteiger partial charge < -0.3 is 20.4 Å². The second-order valence-corrected chi connectivity index (χ2v) is 5.13. The standard InChI is InChI=1S/C14H19N3O4/c18-6-4-10-3-5-17(9-10)14(21)16-8-11-1-2-12(13(19)20)15-7-11/h1-2,7,10,18H,3-6,8-9H2,(H,16,21)(H,19,20). The third-order valence-electron chi connectivity index (χ3n) is 3.60. The molecule has 7 nitrogen and oxygen atoms in total. The fourth-order valence-electron chi connectivity index (χ4n) is 2.38. The molecule has 0 bridgehead atoms. The van der Waals surface area contributed by atoms with Gasteiger partial charge >= 0.3 is 12.0 Å². The van der Waals surface area contributed by atoms with E-state index in [4.69, 9.17) is 10.2 Å². The minimum atomic E-state index is -1.07. The van der Waals surface area contributed by atoms with Crippen LogP contribution in [0.1, 0.15) is 28.9 Å². The van der Waals surface area contributed by atoms with Crippen molar-refractivity contribution in [2.75, 3.05) is 19.7 Å². The first kappa shape index (κ1) is 15.2. The van der Waals surface area contributed by atoms with Crippen molar-refractivity contribution in [3.63, 3.8) is 0 Å². The number of aromatic nitrogens is 1. The predicted molar refractivity (Wildman–Crippen MR) is 74.8 cm³/mol. The number of aliphatic hydroxyl groups excluding tert-OH is 1. The molecule has 0 saturated carbocycles. The summed E-state index contributed by atoms with van der Waals surface area (Å²) in [5.41, 5.74) is 0.732. The molecule has 0 spiro atoms. The van der Waals surface area contributed by atoms with Gasteiger partial charge in [0.15, 0.2) is 0 Å². The molecule has 2 amide bonds. The molecule has 1 saturated heterocycles. The molecule has 114 valence electrons. The highest BCUT2D eigenvalue weighted by atomic mass is 16.4. The molecule has 0 aromatic carbocycles. The Morgan fingerprint density at radius 3 is 2.86 bits per heavy atom. The number of amides is 2. The number of rotatable bonds is 5. The number of nitrogens with zero attached hydrogens (tertiary/aromatic N) is 2.